The Labute approximate surface area is 116 Å². The lowest BCUT2D eigenvalue weighted by Crippen LogP contribution is -2.33. The van der Waals surface area contributed by atoms with Crippen LogP contribution < -0.4 is 5.73 Å². The number of nitriles is 2. The van der Waals surface area contributed by atoms with E-state index in [-0.39, 0.29) is 31.6 Å². The maximum absolute atomic E-state index is 13.7. The molecule has 1 rings (SSSR count). The fourth-order valence-corrected chi connectivity index (χ4v) is 3.05. The monoisotopic (exact) mass is 296 g/mol. The summed E-state index contributed by atoms with van der Waals surface area (Å²) in [5, 5.41) is 17.1. The molecular weight excluding hydrogens is 283 g/mol. The van der Waals surface area contributed by atoms with Gasteiger partial charge in [-0.1, -0.05) is 0 Å². The summed E-state index contributed by atoms with van der Waals surface area (Å²) in [7, 11) is -4.09. The molecule has 0 radical (unpaired) electrons. The van der Waals surface area contributed by atoms with E-state index in [0.29, 0.717) is 0 Å². The molecule has 0 bridgehead atoms. The van der Waals surface area contributed by atoms with Crippen LogP contribution in [-0.4, -0.2) is 25.8 Å². The van der Waals surface area contributed by atoms with Crippen LogP contribution in [0.5, 0.6) is 0 Å². The van der Waals surface area contributed by atoms with E-state index in [4.69, 9.17) is 16.3 Å². The Morgan fingerprint density at radius 3 is 2.20 bits per heavy atom. The van der Waals surface area contributed by atoms with E-state index in [1.807, 2.05) is 12.1 Å². The largest absolute Gasteiger partial charge is 0.399 e. The minimum atomic E-state index is -4.09. The molecule has 1 aromatic rings. The van der Waals surface area contributed by atoms with Crippen molar-refractivity contribution in [2.24, 2.45) is 0 Å². The smallest absolute Gasteiger partial charge is 0.246 e. The van der Waals surface area contributed by atoms with Crippen LogP contribution in [0.25, 0.3) is 0 Å². The number of hydrogen-bond donors (Lipinski definition) is 1. The maximum atomic E-state index is 13.7. The highest BCUT2D eigenvalue weighted by Gasteiger charge is 2.26. The van der Waals surface area contributed by atoms with E-state index in [9.17, 15) is 12.8 Å². The van der Waals surface area contributed by atoms with E-state index < -0.39 is 20.7 Å². The first-order valence-corrected chi connectivity index (χ1v) is 7.16. The Morgan fingerprint density at radius 1 is 1.20 bits per heavy atom. The highest BCUT2D eigenvalue weighted by molar-refractivity contribution is 7.89. The number of nitrogens with zero attached hydrogens (tertiary/aromatic N) is 3. The van der Waals surface area contributed by atoms with Crippen LogP contribution in [-0.2, 0) is 10.0 Å². The quantitative estimate of drug-likeness (QED) is 0.793. The molecule has 6 nitrogen and oxygen atoms in total. The third-order valence-electron chi connectivity index (χ3n) is 2.52. The molecule has 20 heavy (non-hydrogen) atoms. The summed E-state index contributed by atoms with van der Waals surface area (Å²) in [5.41, 5.74) is 5.49. The molecule has 0 atom stereocenters. The van der Waals surface area contributed by atoms with Crippen LogP contribution in [0.2, 0.25) is 0 Å². The second kappa shape index (κ2) is 6.85. The summed E-state index contributed by atoms with van der Waals surface area (Å²) in [6.07, 6.45) is -0.0809. The molecule has 0 aliphatic rings. The average molecular weight is 296 g/mol. The number of rotatable bonds is 6. The lowest BCUT2D eigenvalue weighted by molar-refractivity contribution is 0.421. The van der Waals surface area contributed by atoms with Gasteiger partial charge in [-0.3, -0.25) is 0 Å². The molecular formula is C12H13FN4O2S. The molecule has 0 saturated heterocycles. The van der Waals surface area contributed by atoms with Gasteiger partial charge >= 0.3 is 0 Å². The second-order valence-corrected chi connectivity index (χ2v) is 5.82. The zero-order chi connectivity index (χ0) is 15.2. The van der Waals surface area contributed by atoms with Gasteiger partial charge in [-0.25, -0.2) is 12.8 Å². The van der Waals surface area contributed by atoms with Crippen LogP contribution in [0.4, 0.5) is 10.1 Å². The predicted octanol–water partition coefficient (Wildman–Crippen LogP) is 1.23. The van der Waals surface area contributed by atoms with Crippen LogP contribution in [0.15, 0.2) is 23.1 Å². The number of hydrogen-bond acceptors (Lipinski definition) is 5. The van der Waals surface area contributed by atoms with Gasteiger partial charge in [-0.15, -0.1) is 0 Å². The van der Waals surface area contributed by atoms with E-state index in [2.05, 4.69) is 0 Å². The van der Waals surface area contributed by atoms with Crippen LogP contribution >= 0.6 is 0 Å². The molecule has 0 fully saturated rings. The van der Waals surface area contributed by atoms with Crippen molar-refractivity contribution < 1.29 is 12.8 Å². The summed E-state index contributed by atoms with van der Waals surface area (Å²) in [5.74, 6) is -0.955. The van der Waals surface area contributed by atoms with E-state index >= 15 is 0 Å². The summed E-state index contributed by atoms with van der Waals surface area (Å²) < 4.78 is 39.3. The zero-order valence-electron chi connectivity index (χ0n) is 10.6. The number of nitrogens with two attached hydrogens (primary N) is 1. The topological polar surface area (TPSA) is 111 Å². The Bertz CT molecular complexity index is 643. The number of benzene rings is 1. The third-order valence-corrected chi connectivity index (χ3v) is 4.45. The number of anilines is 1. The van der Waals surface area contributed by atoms with Crippen molar-refractivity contribution in [3.05, 3.63) is 24.0 Å². The third kappa shape index (κ3) is 3.67. The second-order valence-electron chi connectivity index (χ2n) is 3.91. The van der Waals surface area contributed by atoms with E-state index in [0.717, 1.165) is 16.4 Å². The minimum absolute atomic E-state index is 0.0404. The van der Waals surface area contributed by atoms with Gasteiger partial charge in [0.15, 0.2) is 0 Å². The van der Waals surface area contributed by atoms with Crippen molar-refractivity contribution in [1.82, 2.24) is 4.31 Å². The molecule has 1 aromatic carbocycles. The van der Waals surface area contributed by atoms with Gasteiger partial charge < -0.3 is 5.73 Å². The predicted molar refractivity (Wildman–Crippen MR) is 70.0 cm³/mol. The molecule has 0 unspecified atom stereocenters. The molecule has 0 amide bonds. The van der Waals surface area contributed by atoms with E-state index in [1.165, 1.54) is 6.07 Å². The standard InChI is InChI=1S/C12H13FN4O2S/c13-11-9-10(16)3-4-12(11)20(18,19)17(7-1-5-14)8-2-6-15/h3-4,9H,1-2,7-8,16H2. The van der Waals surface area contributed by atoms with Crippen LogP contribution in [0.1, 0.15) is 12.8 Å². The van der Waals surface area contributed by atoms with Gasteiger partial charge in [-0.05, 0) is 18.2 Å². The fraction of sp³-hybridized carbons (Fsp3) is 0.333. The Hall–Kier alpha value is -2.16. The lowest BCUT2D eigenvalue weighted by Gasteiger charge is -2.20. The van der Waals surface area contributed by atoms with Crippen molar-refractivity contribution in [2.75, 3.05) is 18.8 Å². The molecule has 0 aliphatic heterocycles. The molecule has 2 N–H and O–H groups in total. The molecule has 106 valence electrons. The van der Waals surface area contributed by atoms with Gasteiger partial charge in [-0.2, -0.15) is 14.8 Å². The highest BCUT2D eigenvalue weighted by atomic mass is 32.2. The molecule has 0 aliphatic carbocycles. The van der Waals surface area contributed by atoms with Crippen molar-refractivity contribution in [3.8, 4) is 12.1 Å². The van der Waals surface area contributed by atoms with Crippen molar-refractivity contribution in [3.63, 3.8) is 0 Å². The van der Waals surface area contributed by atoms with Gasteiger partial charge in [0.1, 0.15) is 10.7 Å². The average Bonchev–Trinajstić information content (AvgIpc) is 2.38. The first-order chi connectivity index (χ1) is 9.43. The summed E-state index contributed by atoms with van der Waals surface area (Å²) in [6.45, 7) is -0.186. The molecule has 0 spiro atoms. The molecule has 8 heteroatoms. The van der Waals surface area contributed by atoms with Gasteiger partial charge in [0.25, 0.3) is 0 Å². The molecule has 0 saturated carbocycles. The van der Waals surface area contributed by atoms with Crippen molar-refractivity contribution >= 4 is 15.7 Å². The number of halogens is 1. The Balaban J connectivity index is 3.15. The summed E-state index contributed by atoms with van der Waals surface area (Å²) in [4.78, 5) is -0.512. The van der Waals surface area contributed by atoms with Crippen molar-refractivity contribution in [1.29, 1.82) is 10.5 Å². The molecule has 0 aromatic heterocycles. The van der Waals surface area contributed by atoms with Crippen LogP contribution in [0, 0.1) is 28.5 Å². The Morgan fingerprint density at radius 2 is 1.75 bits per heavy atom. The number of nitrogen functional groups attached to an aromatic ring is 1. The van der Waals surface area contributed by atoms with Gasteiger partial charge in [0.05, 0.1) is 12.1 Å². The first kappa shape index (κ1) is 15.9. The SMILES string of the molecule is N#CCCN(CCC#N)S(=O)(=O)c1ccc(N)cc1F. The normalized spacial score (nSPS) is 11.0. The maximum Gasteiger partial charge on any atom is 0.246 e. The Kier molecular flexibility index (Phi) is 5.44. The van der Waals surface area contributed by atoms with Gasteiger partial charge in [0, 0.05) is 31.6 Å². The number of sulfonamides is 1. The van der Waals surface area contributed by atoms with E-state index in [1.54, 1.807) is 0 Å². The summed E-state index contributed by atoms with van der Waals surface area (Å²) in [6, 6.07) is 6.91. The minimum Gasteiger partial charge on any atom is -0.399 e. The van der Waals surface area contributed by atoms with Crippen LogP contribution in [0.3, 0.4) is 0 Å². The highest BCUT2D eigenvalue weighted by Crippen LogP contribution is 2.21. The first-order valence-electron chi connectivity index (χ1n) is 5.72. The zero-order valence-corrected chi connectivity index (χ0v) is 11.4. The van der Waals surface area contributed by atoms with Crippen molar-refractivity contribution in [2.45, 2.75) is 17.7 Å². The lowest BCUT2D eigenvalue weighted by atomic mass is 10.3. The summed E-state index contributed by atoms with van der Waals surface area (Å²) >= 11 is 0. The molecule has 0 heterocycles. The fourth-order valence-electron chi connectivity index (χ4n) is 1.57. The van der Waals surface area contributed by atoms with Gasteiger partial charge in [0.2, 0.25) is 10.0 Å².